The molecule has 66 valence electrons. The third kappa shape index (κ3) is 0.966. The van der Waals surface area contributed by atoms with E-state index in [1.54, 1.807) is 0 Å². The van der Waals surface area contributed by atoms with E-state index in [1.165, 1.54) is 29.8 Å². The van der Waals surface area contributed by atoms with Gasteiger partial charge >= 0.3 is 0 Å². The average Bonchev–Trinajstić information content (AvgIpc) is 2.53. The highest BCUT2D eigenvalue weighted by Gasteiger charge is 2.27. The SMILES string of the molecule is Cc1[nH]nc2c1CC[C@@H]2N(C)C. The van der Waals surface area contributed by atoms with E-state index in [0.29, 0.717) is 6.04 Å². The van der Waals surface area contributed by atoms with Crippen LogP contribution in [0.1, 0.15) is 29.4 Å². The van der Waals surface area contributed by atoms with Crippen LogP contribution in [0, 0.1) is 6.92 Å². The van der Waals surface area contributed by atoms with E-state index in [9.17, 15) is 0 Å². The quantitative estimate of drug-likeness (QED) is 0.679. The summed E-state index contributed by atoms with van der Waals surface area (Å²) in [5.74, 6) is 0. The number of aromatic nitrogens is 2. The lowest BCUT2D eigenvalue weighted by Gasteiger charge is -2.17. The first-order valence-corrected chi connectivity index (χ1v) is 4.40. The van der Waals surface area contributed by atoms with E-state index in [4.69, 9.17) is 0 Å². The van der Waals surface area contributed by atoms with Crippen molar-refractivity contribution in [1.29, 1.82) is 0 Å². The molecule has 0 aliphatic heterocycles. The van der Waals surface area contributed by atoms with Crippen LogP contribution in [0.25, 0.3) is 0 Å². The Labute approximate surface area is 72.8 Å². The fraction of sp³-hybridized carbons (Fsp3) is 0.667. The van der Waals surface area contributed by atoms with Gasteiger partial charge in [-0.1, -0.05) is 0 Å². The van der Waals surface area contributed by atoms with E-state index in [1.807, 2.05) is 0 Å². The number of fused-ring (bicyclic) bond motifs is 1. The van der Waals surface area contributed by atoms with E-state index < -0.39 is 0 Å². The first-order valence-electron chi connectivity index (χ1n) is 4.40. The number of aryl methyl sites for hydroxylation is 1. The molecule has 0 unspecified atom stereocenters. The smallest absolute Gasteiger partial charge is 0.0828 e. The molecule has 0 spiro atoms. The maximum Gasteiger partial charge on any atom is 0.0828 e. The molecule has 0 radical (unpaired) electrons. The largest absolute Gasteiger partial charge is 0.301 e. The summed E-state index contributed by atoms with van der Waals surface area (Å²) < 4.78 is 0. The van der Waals surface area contributed by atoms with Gasteiger partial charge in [-0.25, -0.2) is 0 Å². The zero-order valence-corrected chi connectivity index (χ0v) is 7.89. The number of nitrogens with zero attached hydrogens (tertiary/aromatic N) is 2. The summed E-state index contributed by atoms with van der Waals surface area (Å²) in [6, 6.07) is 0.532. The Balaban J connectivity index is 2.36. The van der Waals surface area contributed by atoms with Crippen molar-refractivity contribution in [1.82, 2.24) is 15.1 Å². The van der Waals surface area contributed by atoms with Crippen LogP contribution < -0.4 is 0 Å². The predicted octanol–water partition coefficient (Wildman–Crippen LogP) is 1.27. The van der Waals surface area contributed by atoms with Crippen molar-refractivity contribution in [3.8, 4) is 0 Å². The first-order chi connectivity index (χ1) is 5.70. The maximum atomic E-state index is 4.33. The van der Waals surface area contributed by atoms with Crippen LogP contribution in [-0.2, 0) is 6.42 Å². The van der Waals surface area contributed by atoms with Gasteiger partial charge in [-0.15, -0.1) is 0 Å². The third-order valence-electron chi connectivity index (χ3n) is 2.71. The van der Waals surface area contributed by atoms with Crippen LogP contribution >= 0.6 is 0 Å². The molecule has 1 atom stereocenters. The van der Waals surface area contributed by atoms with E-state index >= 15 is 0 Å². The van der Waals surface area contributed by atoms with Crippen LogP contribution in [0.2, 0.25) is 0 Å². The Bertz CT molecular complexity index is 288. The fourth-order valence-electron chi connectivity index (χ4n) is 1.98. The lowest BCUT2D eigenvalue weighted by atomic mass is 10.2. The summed E-state index contributed by atoms with van der Waals surface area (Å²) in [5.41, 5.74) is 3.94. The van der Waals surface area contributed by atoms with Crippen molar-refractivity contribution in [2.45, 2.75) is 25.8 Å². The molecule has 1 N–H and O–H groups in total. The fourth-order valence-corrected chi connectivity index (χ4v) is 1.98. The Morgan fingerprint density at radius 3 is 2.92 bits per heavy atom. The van der Waals surface area contributed by atoms with Gasteiger partial charge in [-0.05, 0) is 39.4 Å². The molecule has 12 heavy (non-hydrogen) atoms. The number of hydrogen-bond acceptors (Lipinski definition) is 2. The predicted molar refractivity (Wildman–Crippen MR) is 48.1 cm³/mol. The second-order valence-electron chi connectivity index (χ2n) is 3.73. The Morgan fingerprint density at radius 2 is 2.25 bits per heavy atom. The van der Waals surface area contributed by atoms with Crippen LogP contribution in [-0.4, -0.2) is 29.2 Å². The zero-order chi connectivity index (χ0) is 8.72. The van der Waals surface area contributed by atoms with Crippen molar-refractivity contribution in [3.63, 3.8) is 0 Å². The number of rotatable bonds is 1. The van der Waals surface area contributed by atoms with Gasteiger partial charge in [-0.2, -0.15) is 5.10 Å². The monoisotopic (exact) mass is 165 g/mol. The molecule has 1 aromatic rings. The first kappa shape index (κ1) is 7.80. The Kier molecular flexibility index (Phi) is 1.68. The summed E-state index contributed by atoms with van der Waals surface area (Å²) in [6.07, 6.45) is 2.40. The van der Waals surface area contributed by atoms with Gasteiger partial charge in [0.25, 0.3) is 0 Å². The molecule has 3 nitrogen and oxygen atoms in total. The lowest BCUT2D eigenvalue weighted by Crippen LogP contribution is -2.17. The average molecular weight is 165 g/mol. The summed E-state index contributed by atoms with van der Waals surface area (Å²) in [4.78, 5) is 2.24. The molecule has 0 aromatic carbocycles. The molecule has 2 rings (SSSR count). The minimum atomic E-state index is 0.532. The zero-order valence-electron chi connectivity index (χ0n) is 7.89. The summed E-state index contributed by atoms with van der Waals surface area (Å²) >= 11 is 0. The van der Waals surface area contributed by atoms with Gasteiger partial charge in [0.05, 0.1) is 11.7 Å². The molecule has 3 heteroatoms. The van der Waals surface area contributed by atoms with Gasteiger partial charge in [0.15, 0.2) is 0 Å². The van der Waals surface area contributed by atoms with E-state index in [2.05, 4.69) is 36.1 Å². The number of aromatic amines is 1. The van der Waals surface area contributed by atoms with Crippen molar-refractivity contribution >= 4 is 0 Å². The summed E-state index contributed by atoms with van der Waals surface area (Å²) in [5, 5.41) is 7.38. The minimum Gasteiger partial charge on any atom is -0.301 e. The lowest BCUT2D eigenvalue weighted by molar-refractivity contribution is 0.293. The highest BCUT2D eigenvalue weighted by atomic mass is 15.2. The standard InChI is InChI=1S/C9H15N3/c1-6-7-4-5-8(12(2)3)9(7)11-10-6/h8H,4-5H2,1-3H3,(H,10,11)/t8-/m0/s1. The normalized spacial score (nSPS) is 21.8. The molecule has 0 amide bonds. The Hall–Kier alpha value is -0.830. The van der Waals surface area contributed by atoms with Gasteiger partial charge in [0.2, 0.25) is 0 Å². The third-order valence-corrected chi connectivity index (χ3v) is 2.71. The van der Waals surface area contributed by atoms with Gasteiger partial charge in [-0.3, -0.25) is 5.10 Å². The number of nitrogens with one attached hydrogen (secondary N) is 1. The van der Waals surface area contributed by atoms with Crippen molar-refractivity contribution < 1.29 is 0 Å². The summed E-state index contributed by atoms with van der Waals surface area (Å²) in [7, 11) is 4.23. The van der Waals surface area contributed by atoms with E-state index in [-0.39, 0.29) is 0 Å². The van der Waals surface area contributed by atoms with Gasteiger partial charge in [0, 0.05) is 5.69 Å². The second kappa shape index (κ2) is 2.59. The van der Waals surface area contributed by atoms with E-state index in [0.717, 1.165) is 0 Å². The molecule has 1 aromatic heterocycles. The van der Waals surface area contributed by atoms with Crippen molar-refractivity contribution in [2.24, 2.45) is 0 Å². The van der Waals surface area contributed by atoms with Crippen LogP contribution in [0.5, 0.6) is 0 Å². The number of hydrogen-bond donors (Lipinski definition) is 1. The van der Waals surface area contributed by atoms with Crippen molar-refractivity contribution in [2.75, 3.05) is 14.1 Å². The van der Waals surface area contributed by atoms with Crippen LogP contribution in [0.15, 0.2) is 0 Å². The minimum absolute atomic E-state index is 0.532. The second-order valence-corrected chi connectivity index (χ2v) is 3.73. The highest BCUT2D eigenvalue weighted by Crippen LogP contribution is 2.33. The van der Waals surface area contributed by atoms with Gasteiger partial charge in [0.1, 0.15) is 0 Å². The summed E-state index contributed by atoms with van der Waals surface area (Å²) in [6.45, 7) is 2.10. The Morgan fingerprint density at radius 1 is 1.50 bits per heavy atom. The molecule has 0 saturated carbocycles. The molecule has 0 fully saturated rings. The molecular formula is C9H15N3. The molecule has 0 saturated heterocycles. The molecule has 1 heterocycles. The topological polar surface area (TPSA) is 31.9 Å². The molecule has 1 aliphatic rings. The molecule has 0 bridgehead atoms. The molecule has 1 aliphatic carbocycles. The van der Waals surface area contributed by atoms with Crippen LogP contribution in [0.4, 0.5) is 0 Å². The number of H-pyrrole nitrogens is 1. The van der Waals surface area contributed by atoms with Crippen LogP contribution in [0.3, 0.4) is 0 Å². The van der Waals surface area contributed by atoms with Crippen molar-refractivity contribution in [3.05, 3.63) is 17.0 Å². The highest BCUT2D eigenvalue weighted by molar-refractivity contribution is 5.31. The van der Waals surface area contributed by atoms with Gasteiger partial charge < -0.3 is 4.90 Å². The molecular weight excluding hydrogens is 150 g/mol. The maximum absolute atomic E-state index is 4.33.